The van der Waals surface area contributed by atoms with Gasteiger partial charge in [-0.15, -0.1) is 0 Å². The second kappa shape index (κ2) is 5.72. The number of rotatable bonds is 4. The van der Waals surface area contributed by atoms with Crippen molar-refractivity contribution in [1.29, 1.82) is 0 Å². The zero-order chi connectivity index (χ0) is 12.2. The highest BCUT2D eigenvalue weighted by molar-refractivity contribution is 5.06. The number of hydrogen-bond donors (Lipinski definition) is 1. The van der Waals surface area contributed by atoms with Gasteiger partial charge in [0, 0.05) is 0 Å². The summed E-state index contributed by atoms with van der Waals surface area (Å²) in [5.41, 5.74) is 1.42. The third kappa shape index (κ3) is 5.02. The van der Waals surface area contributed by atoms with E-state index in [2.05, 4.69) is 27.7 Å². The van der Waals surface area contributed by atoms with E-state index < -0.39 is 0 Å². The van der Waals surface area contributed by atoms with Crippen LogP contribution in [-0.2, 0) is 4.74 Å². The van der Waals surface area contributed by atoms with Gasteiger partial charge in [0.25, 0.3) is 0 Å². The van der Waals surface area contributed by atoms with E-state index in [0.717, 1.165) is 37.9 Å². The molecule has 1 N–H and O–H groups in total. The summed E-state index contributed by atoms with van der Waals surface area (Å²) >= 11 is 0. The van der Waals surface area contributed by atoms with Gasteiger partial charge in [-0.05, 0) is 42.6 Å². The molecule has 2 unspecified atom stereocenters. The van der Waals surface area contributed by atoms with Crippen LogP contribution >= 0.6 is 0 Å². The van der Waals surface area contributed by atoms with Crippen LogP contribution in [-0.4, -0.2) is 17.8 Å². The lowest BCUT2D eigenvalue weighted by atomic mass is 9.82. The second-order valence-electron chi connectivity index (χ2n) is 6.29. The van der Waals surface area contributed by atoms with Crippen LogP contribution in [0.15, 0.2) is 11.8 Å². The standard InChI is InChI=1S/C14H26O2/c1-11(9-14(2,3)4)8-13(15)12-6-5-7-16-10-12/h10-11,13,15H,5-9H2,1-4H3. The van der Waals surface area contributed by atoms with Crippen LogP contribution in [0.3, 0.4) is 0 Å². The summed E-state index contributed by atoms with van der Waals surface area (Å²) in [6, 6.07) is 0. The smallest absolute Gasteiger partial charge is 0.0876 e. The molecule has 0 saturated heterocycles. The zero-order valence-corrected chi connectivity index (χ0v) is 11.1. The molecule has 1 aliphatic heterocycles. The lowest BCUT2D eigenvalue weighted by Crippen LogP contribution is -2.20. The predicted molar refractivity (Wildman–Crippen MR) is 67.1 cm³/mol. The number of hydrogen-bond acceptors (Lipinski definition) is 2. The van der Waals surface area contributed by atoms with E-state index in [1.165, 1.54) is 0 Å². The molecule has 0 aromatic carbocycles. The van der Waals surface area contributed by atoms with Crippen LogP contribution < -0.4 is 0 Å². The molecule has 0 radical (unpaired) electrons. The van der Waals surface area contributed by atoms with E-state index >= 15 is 0 Å². The molecule has 0 aromatic heterocycles. The number of aliphatic hydroxyl groups excluding tert-OH is 1. The molecule has 0 spiro atoms. The third-order valence-corrected chi connectivity index (χ3v) is 2.98. The van der Waals surface area contributed by atoms with Crippen molar-refractivity contribution in [2.45, 2.75) is 59.5 Å². The van der Waals surface area contributed by atoms with Gasteiger partial charge < -0.3 is 9.84 Å². The van der Waals surface area contributed by atoms with Crippen LogP contribution in [0.1, 0.15) is 53.4 Å². The Morgan fingerprint density at radius 3 is 2.62 bits per heavy atom. The fourth-order valence-corrected chi connectivity index (χ4v) is 2.49. The molecule has 0 fully saturated rings. The van der Waals surface area contributed by atoms with E-state index in [9.17, 15) is 5.11 Å². The summed E-state index contributed by atoms with van der Waals surface area (Å²) in [5, 5.41) is 10.1. The molecule has 1 heterocycles. The molecular weight excluding hydrogens is 200 g/mol. The van der Waals surface area contributed by atoms with E-state index in [-0.39, 0.29) is 6.10 Å². The minimum Gasteiger partial charge on any atom is -0.501 e. The van der Waals surface area contributed by atoms with Crippen LogP contribution in [0.25, 0.3) is 0 Å². The molecule has 2 heteroatoms. The van der Waals surface area contributed by atoms with Gasteiger partial charge in [-0.1, -0.05) is 27.7 Å². The first kappa shape index (κ1) is 13.6. The minimum absolute atomic E-state index is 0.308. The molecular formula is C14H26O2. The normalized spacial score (nSPS) is 20.9. The molecule has 1 rings (SSSR count). The molecule has 0 bridgehead atoms. The highest BCUT2D eigenvalue weighted by Crippen LogP contribution is 2.29. The first-order valence-corrected chi connectivity index (χ1v) is 6.37. The SMILES string of the molecule is CC(CC(O)C1=COCCC1)CC(C)(C)C. The van der Waals surface area contributed by atoms with Gasteiger partial charge in [-0.25, -0.2) is 0 Å². The molecule has 2 atom stereocenters. The fraction of sp³-hybridized carbons (Fsp3) is 0.857. The summed E-state index contributed by atoms with van der Waals surface area (Å²) in [7, 11) is 0. The van der Waals surface area contributed by atoms with E-state index in [0.29, 0.717) is 11.3 Å². The maximum Gasteiger partial charge on any atom is 0.0876 e. The van der Waals surface area contributed by atoms with Crippen molar-refractivity contribution >= 4 is 0 Å². The quantitative estimate of drug-likeness (QED) is 0.795. The molecule has 16 heavy (non-hydrogen) atoms. The van der Waals surface area contributed by atoms with Crippen LogP contribution in [0.2, 0.25) is 0 Å². The van der Waals surface area contributed by atoms with Crippen molar-refractivity contribution in [3.63, 3.8) is 0 Å². The van der Waals surface area contributed by atoms with Crippen LogP contribution in [0.4, 0.5) is 0 Å². The van der Waals surface area contributed by atoms with Crippen molar-refractivity contribution in [3.05, 3.63) is 11.8 Å². The first-order valence-electron chi connectivity index (χ1n) is 6.37. The Morgan fingerprint density at radius 2 is 2.12 bits per heavy atom. The highest BCUT2D eigenvalue weighted by atomic mass is 16.5. The predicted octanol–water partition coefficient (Wildman–Crippen LogP) is 3.50. The van der Waals surface area contributed by atoms with Crippen molar-refractivity contribution < 1.29 is 9.84 Å². The number of aliphatic hydroxyl groups is 1. The second-order valence-corrected chi connectivity index (χ2v) is 6.29. The summed E-state index contributed by atoms with van der Waals surface area (Å²) in [4.78, 5) is 0. The number of ether oxygens (including phenoxy) is 1. The van der Waals surface area contributed by atoms with Gasteiger partial charge in [-0.3, -0.25) is 0 Å². The fourth-order valence-electron chi connectivity index (χ4n) is 2.49. The molecule has 1 aliphatic rings. The molecule has 0 aromatic rings. The van der Waals surface area contributed by atoms with Crippen molar-refractivity contribution in [2.24, 2.45) is 11.3 Å². The van der Waals surface area contributed by atoms with Gasteiger partial charge in [0.05, 0.1) is 19.0 Å². The maximum absolute atomic E-state index is 10.1. The minimum atomic E-state index is -0.308. The largest absolute Gasteiger partial charge is 0.501 e. The average Bonchev–Trinajstić information content (AvgIpc) is 2.16. The van der Waals surface area contributed by atoms with Gasteiger partial charge in [-0.2, -0.15) is 0 Å². The monoisotopic (exact) mass is 226 g/mol. The Labute approximate surface area is 99.7 Å². The van der Waals surface area contributed by atoms with Crippen LogP contribution in [0.5, 0.6) is 0 Å². The lowest BCUT2D eigenvalue weighted by molar-refractivity contribution is 0.139. The lowest BCUT2D eigenvalue weighted by Gasteiger charge is -2.26. The topological polar surface area (TPSA) is 29.5 Å². The Kier molecular flexibility index (Phi) is 4.85. The molecule has 0 amide bonds. The van der Waals surface area contributed by atoms with Crippen molar-refractivity contribution in [2.75, 3.05) is 6.61 Å². The van der Waals surface area contributed by atoms with Crippen molar-refractivity contribution in [1.82, 2.24) is 0 Å². The Hall–Kier alpha value is -0.500. The zero-order valence-electron chi connectivity index (χ0n) is 11.1. The summed E-state index contributed by atoms with van der Waals surface area (Å²) in [6.45, 7) is 9.77. The summed E-state index contributed by atoms with van der Waals surface area (Å²) in [6.07, 6.45) is 5.49. The summed E-state index contributed by atoms with van der Waals surface area (Å²) < 4.78 is 5.26. The third-order valence-electron chi connectivity index (χ3n) is 2.98. The Balaban J connectivity index is 2.38. The van der Waals surface area contributed by atoms with E-state index in [1.54, 1.807) is 6.26 Å². The van der Waals surface area contributed by atoms with Gasteiger partial charge >= 0.3 is 0 Å². The molecule has 0 aliphatic carbocycles. The maximum atomic E-state index is 10.1. The molecule has 2 nitrogen and oxygen atoms in total. The highest BCUT2D eigenvalue weighted by Gasteiger charge is 2.21. The van der Waals surface area contributed by atoms with Gasteiger partial charge in [0.2, 0.25) is 0 Å². The first-order chi connectivity index (χ1) is 7.38. The van der Waals surface area contributed by atoms with Crippen molar-refractivity contribution in [3.8, 4) is 0 Å². The van der Waals surface area contributed by atoms with Gasteiger partial charge in [0.1, 0.15) is 0 Å². The van der Waals surface area contributed by atoms with E-state index in [1.807, 2.05) is 0 Å². The Bertz CT molecular complexity index is 238. The Morgan fingerprint density at radius 1 is 1.44 bits per heavy atom. The molecule has 0 saturated carbocycles. The van der Waals surface area contributed by atoms with Gasteiger partial charge in [0.15, 0.2) is 0 Å². The van der Waals surface area contributed by atoms with E-state index in [4.69, 9.17) is 4.74 Å². The molecule has 94 valence electrons. The summed E-state index contributed by atoms with van der Waals surface area (Å²) in [5.74, 6) is 0.554. The average molecular weight is 226 g/mol. The van der Waals surface area contributed by atoms with Crippen LogP contribution in [0, 0.1) is 11.3 Å².